The van der Waals surface area contributed by atoms with E-state index in [1.165, 1.54) is 4.90 Å². The highest BCUT2D eigenvalue weighted by Gasteiger charge is 2.40. The number of rotatable bonds is 8. The van der Waals surface area contributed by atoms with E-state index < -0.39 is 47.8 Å². The van der Waals surface area contributed by atoms with Gasteiger partial charge in [0.15, 0.2) is 11.7 Å². The zero-order valence-corrected chi connectivity index (χ0v) is 17.7. The Kier molecular flexibility index (Phi) is 7.49. The van der Waals surface area contributed by atoms with Crippen LogP contribution in [0.4, 0.5) is 13.2 Å². The normalized spacial score (nSPS) is 16.3. The highest BCUT2D eigenvalue weighted by Crippen LogP contribution is 2.29. The number of carboxylic acid groups (broad SMARTS) is 1. The molecule has 1 unspecified atom stereocenters. The first-order chi connectivity index (χ1) is 16.0. The van der Waals surface area contributed by atoms with E-state index in [4.69, 9.17) is 9.84 Å². The quantitative estimate of drug-likeness (QED) is 0.553. The average Bonchev–Trinajstić information content (AvgIpc) is 2.79. The predicted octanol–water partition coefficient (Wildman–Crippen LogP) is 1.80. The molecule has 180 valence electrons. The smallest absolute Gasteiger partial charge is 0.417 e. The van der Waals surface area contributed by atoms with Crippen molar-refractivity contribution in [1.82, 2.24) is 15.2 Å². The molecular weight excluding hydrogens is 459 g/mol. The van der Waals surface area contributed by atoms with E-state index in [0.717, 1.165) is 12.1 Å². The first kappa shape index (κ1) is 24.7. The summed E-state index contributed by atoms with van der Waals surface area (Å²) in [6.07, 6.45) is -3.82. The molecular formula is C22H20F3N3O6. The number of pyridine rings is 1. The summed E-state index contributed by atoms with van der Waals surface area (Å²) in [5.41, 5.74) is 0.542. The lowest BCUT2D eigenvalue weighted by Gasteiger charge is -2.30. The molecule has 1 aromatic heterocycles. The SMILES string of the molecule is O=C(O)CNC(=O)C1C(=O)CCN(Cc2ccc(COc3ccc(C(F)(F)F)cn3)cc2)C1=O. The summed E-state index contributed by atoms with van der Waals surface area (Å²) in [5, 5.41) is 10.7. The molecule has 1 atom stereocenters. The Morgan fingerprint density at radius 2 is 1.79 bits per heavy atom. The summed E-state index contributed by atoms with van der Waals surface area (Å²) in [5.74, 6) is -5.02. The van der Waals surface area contributed by atoms with Crippen molar-refractivity contribution >= 4 is 23.6 Å². The van der Waals surface area contributed by atoms with Gasteiger partial charge in [0, 0.05) is 31.8 Å². The van der Waals surface area contributed by atoms with Gasteiger partial charge in [-0.25, -0.2) is 4.98 Å². The third-order valence-electron chi connectivity index (χ3n) is 5.03. The van der Waals surface area contributed by atoms with Crippen LogP contribution in [0.3, 0.4) is 0 Å². The Labute approximate surface area is 191 Å². The predicted molar refractivity (Wildman–Crippen MR) is 109 cm³/mol. The molecule has 2 heterocycles. The third kappa shape index (κ3) is 6.30. The monoisotopic (exact) mass is 479 g/mol. The minimum atomic E-state index is -4.48. The number of halogens is 3. The Morgan fingerprint density at radius 3 is 2.38 bits per heavy atom. The van der Waals surface area contributed by atoms with Crippen molar-refractivity contribution in [1.29, 1.82) is 0 Å². The van der Waals surface area contributed by atoms with Gasteiger partial charge in [-0.1, -0.05) is 24.3 Å². The van der Waals surface area contributed by atoms with E-state index in [-0.39, 0.29) is 32.0 Å². The molecule has 0 bridgehead atoms. The minimum Gasteiger partial charge on any atom is -0.480 e. The third-order valence-corrected chi connectivity index (χ3v) is 5.03. The number of ether oxygens (including phenoxy) is 1. The maximum atomic E-state index is 12.6. The van der Waals surface area contributed by atoms with E-state index in [0.29, 0.717) is 17.3 Å². The second-order valence-electron chi connectivity index (χ2n) is 7.51. The summed E-state index contributed by atoms with van der Waals surface area (Å²) in [6.45, 7) is -0.371. The van der Waals surface area contributed by atoms with E-state index in [1.54, 1.807) is 24.3 Å². The number of Topliss-reactive ketones (excluding diaryl/α,β-unsaturated/α-hetero) is 1. The fraction of sp³-hybridized carbons (Fsp3) is 0.318. The van der Waals surface area contributed by atoms with Crippen LogP contribution in [0.15, 0.2) is 42.6 Å². The van der Waals surface area contributed by atoms with Crippen molar-refractivity contribution in [2.75, 3.05) is 13.1 Å². The van der Waals surface area contributed by atoms with Crippen LogP contribution in [-0.4, -0.2) is 51.6 Å². The van der Waals surface area contributed by atoms with Crippen LogP contribution in [0.25, 0.3) is 0 Å². The van der Waals surface area contributed by atoms with Crippen LogP contribution < -0.4 is 10.1 Å². The number of hydrogen-bond donors (Lipinski definition) is 2. The lowest BCUT2D eigenvalue weighted by atomic mass is 9.94. The van der Waals surface area contributed by atoms with E-state index in [1.807, 2.05) is 0 Å². The number of benzene rings is 1. The van der Waals surface area contributed by atoms with Crippen molar-refractivity contribution in [3.05, 3.63) is 59.3 Å². The van der Waals surface area contributed by atoms with Crippen LogP contribution in [0, 0.1) is 5.92 Å². The van der Waals surface area contributed by atoms with Gasteiger partial charge in [-0.2, -0.15) is 13.2 Å². The minimum absolute atomic E-state index is 0.0249. The van der Waals surface area contributed by atoms with Crippen molar-refractivity contribution < 1.29 is 42.2 Å². The summed E-state index contributed by atoms with van der Waals surface area (Å²) >= 11 is 0. The number of likely N-dealkylation sites (tertiary alicyclic amines) is 1. The number of piperidine rings is 1. The number of carbonyl (C=O) groups excluding carboxylic acids is 3. The van der Waals surface area contributed by atoms with Crippen molar-refractivity contribution in [3.8, 4) is 5.88 Å². The number of alkyl halides is 3. The van der Waals surface area contributed by atoms with Gasteiger partial charge in [0.2, 0.25) is 17.7 Å². The van der Waals surface area contributed by atoms with Crippen LogP contribution in [0.2, 0.25) is 0 Å². The van der Waals surface area contributed by atoms with Gasteiger partial charge < -0.3 is 20.1 Å². The lowest BCUT2D eigenvalue weighted by molar-refractivity contribution is -0.152. The summed E-state index contributed by atoms with van der Waals surface area (Å²) < 4.78 is 43.1. The Morgan fingerprint density at radius 1 is 1.12 bits per heavy atom. The number of aromatic nitrogens is 1. The molecule has 2 aromatic rings. The molecule has 2 amide bonds. The molecule has 0 radical (unpaired) electrons. The van der Waals surface area contributed by atoms with Gasteiger partial charge in [-0.15, -0.1) is 0 Å². The maximum absolute atomic E-state index is 12.6. The zero-order valence-electron chi connectivity index (χ0n) is 17.7. The average molecular weight is 479 g/mol. The number of carbonyl (C=O) groups is 4. The zero-order chi connectivity index (χ0) is 24.9. The van der Waals surface area contributed by atoms with Gasteiger partial charge in [-0.3, -0.25) is 19.2 Å². The molecule has 1 fully saturated rings. The molecule has 9 nitrogen and oxygen atoms in total. The molecule has 3 rings (SSSR count). The molecule has 12 heteroatoms. The van der Waals surface area contributed by atoms with E-state index in [2.05, 4.69) is 10.3 Å². The fourth-order valence-electron chi connectivity index (χ4n) is 3.25. The van der Waals surface area contributed by atoms with Crippen LogP contribution in [-0.2, 0) is 38.5 Å². The van der Waals surface area contributed by atoms with Crippen LogP contribution in [0.1, 0.15) is 23.1 Å². The van der Waals surface area contributed by atoms with E-state index >= 15 is 0 Å². The second kappa shape index (κ2) is 10.3. The topological polar surface area (TPSA) is 126 Å². The molecule has 2 N–H and O–H groups in total. The maximum Gasteiger partial charge on any atom is 0.417 e. The Bertz CT molecular complexity index is 1070. The molecule has 1 aromatic carbocycles. The standard InChI is InChI=1S/C22H20F3N3O6/c23-22(24,25)15-5-6-17(26-9-15)34-12-14-3-1-13(2-4-14)11-28-8-7-16(29)19(21(28)33)20(32)27-10-18(30)31/h1-6,9,19H,7-8,10-12H2,(H,27,32)(H,30,31). The van der Waals surface area contributed by atoms with E-state index in [9.17, 15) is 32.3 Å². The van der Waals surface area contributed by atoms with Crippen molar-refractivity contribution in [3.63, 3.8) is 0 Å². The van der Waals surface area contributed by atoms with Gasteiger partial charge in [0.25, 0.3) is 0 Å². The number of hydrogen-bond acceptors (Lipinski definition) is 6. The fourth-order valence-corrected chi connectivity index (χ4v) is 3.25. The number of aliphatic carboxylic acids is 1. The molecule has 0 aliphatic carbocycles. The Balaban J connectivity index is 1.56. The number of ketones is 1. The van der Waals surface area contributed by atoms with Crippen LogP contribution in [0.5, 0.6) is 5.88 Å². The summed E-state index contributed by atoms with van der Waals surface area (Å²) in [6, 6.07) is 8.83. The molecule has 0 saturated carbocycles. The molecule has 34 heavy (non-hydrogen) atoms. The second-order valence-corrected chi connectivity index (χ2v) is 7.51. The number of nitrogens with zero attached hydrogens (tertiary/aromatic N) is 2. The largest absolute Gasteiger partial charge is 0.480 e. The Hall–Kier alpha value is -3.96. The van der Waals surface area contributed by atoms with Crippen LogP contribution >= 0.6 is 0 Å². The number of nitrogens with one attached hydrogen (secondary N) is 1. The molecule has 1 aliphatic rings. The van der Waals surface area contributed by atoms with Gasteiger partial charge in [-0.05, 0) is 17.2 Å². The van der Waals surface area contributed by atoms with Crippen molar-refractivity contribution in [2.45, 2.75) is 25.7 Å². The number of amides is 2. The van der Waals surface area contributed by atoms with Crippen molar-refractivity contribution in [2.24, 2.45) is 5.92 Å². The first-order valence-corrected chi connectivity index (χ1v) is 10.1. The summed E-state index contributed by atoms with van der Waals surface area (Å²) in [4.78, 5) is 52.4. The highest BCUT2D eigenvalue weighted by molar-refractivity contribution is 6.19. The molecule has 0 spiro atoms. The van der Waals surface area contributed by atoms with Gasteiger partial charge in [0.1, 0.15) is 13.2 Å². The number of carboxylic acids is 1. The highest BCUT2D eigenvalue weighted by atomic mass is 19.4. The van der Waals surface area contributed by atoms with Gasteiger partial charge >= 0.3 is 12.1 Å². The lowest BCUT2D eigenvalue weighted by Crippen LogP contribution is -2.52. The molecule has 1 aliphatic heterocycles. The molecule has 1 saturated heterocycles. The van der Waals surface area contributed by atoms with Gasteiger partial charge in [0.05, 0.1) is 5.56 Å². The first-order valence-electron chi connectivity index (χ1n) is 10.1. The summed E-state index contributed by atoms with van der Waals surface area (Å²) in [7, 11) is 0.